The summed E-state index contributed by atoms with van der Waals surface area (Å²) >= 11 is 29.3. The molecule has 0 amide bonds. The van der Waals surface area contributed by atoms with Gasteiger partial charge in [0.15, 0.2) is 0 Å². The Morgan fingerprint density at radius 3 is 0.773 bits per heavy atom. The average molecular weight is 746 g/mol. The Kier molecular flexibility index (Phi) is 10.3. The lowest BCUT2D eigenvalue weighted by molar-refractivity contribution is 1.21. The molecule has 1 aliphatic heterocycles. The number of anilines is 4. The summed E-state index contributed by atoms with van der Waals surface area (Å²) in [6.45, 7) is 0. The van der Waals surface area contributed by atoms with Crippen LogP contribution in [0.1, 0.15) is 0 Å². The first-order chi connectivity index (χ1) is 20.9. The van der Waals surface area contributed by atoms with E-state index in [-0.39, 0.29) is 0 Å². The molecule has 0 bridgehead atoms. The first-order valence-electron chi connectivity index (χ1n) is 13.4. The summed E-state index contributed by atoms with van der Waals surface area (Å²) in [4.78, 5) is 0. The van der Waals surface area contributed by atoms with Crippen molar-refractivity contribution in [1.82, 2.24) is 0 Å². The summed E-state index contributed by atoms with van der Waals surface area (Å²) in [5.41, 5.74) is 3.34. The molecule has 232 valence electrons. The molecule has 44 heavy (non-hydrogen) atoms. The Morgan fingerprint density at radius 2 is 0.568 bits per heavy atom. The molecular weight excluding hydrogens is 714 g/mol. The second-order valence-corrected chi connectivity index (χ2v) is 25.7. The van der Waals surface area contributed by atoms with Crippen molar-refractivity contribution >= 4 is 94.5 Å². The first-order valence-corrected chi connectivity index (χ1v) is 23.6. The molecule has 0 saturated carbocycles. The number of rotatable bonds is 8. The summed E-state index contributed by atoms with van der Waals surface area (Å²) in [5, 5.41) is 0. The number of nitrogens with zero attached hydrogens (tertiary/aromatic N) is 8. The largest absolute Gasteiger partial charge is 0.308 e. The monoisotopic (exact) mass is 744 g/mol. The van der Waals surface area contributed by atoms with Gasteiger partial charge in [0.25, 0.3) is 26.8 Å². The van der Waals surface area contributed by atoms with Gasteiger partial charge in [-0.15, -0.1) is 0 Å². The maximum atomic E-state index is 7.34. The van der Waals surface area contributed by atoms with Gasteiger partial charge in [0, 0.05) is 50.9 Å². The van der Waals surface area contributed by atoms with Gasteiger partial charge >= 0.3 is 0 Å². The molecule has 5 rings (SSSR count). The minimum atomic E-state index is -3.56. The Labute approximate surface area is 279 Å². The van der Waals surface area contributed by atoms with E-state index < -0.39 is 26.8 Å². The fraction of sp³-hybridized carbons (Fsp3) is 0.143. The highest BCUT2D eigenvalue weighted by atomic mass is 35.9. The highest BCUT2D eigenvalue weighted by Gasteiger charge is 2.43. The molecular formula is C28H32Cl4N8P4. The standard InChI is InChI=1S/C28H32Cl4N8P4/c1-37(25-17-9-5-10-18-25)43(38(2)26-19-11-6-12-20-26)33-41(29,30)35-44(36-42(31,32)34-43,39(3)27-21-13-7-14-22-27)40(4)28-23-15-8-16-24-28/h5-24H,1-4H3. The van der Waals surface area contributed by atoms with Crippen molar-refractivity contribution in [2.75, 3.05) is 46.9 Å². The molecule has 0 aliphatic carbocycles. The Bertz CT molecular complexity index is 1580. The van der Waals surface area contributed by atoms with Crippen molar-refractivity contribution in [2.45, 2.75) is 0 Å². The van der Waals surface area contributed by atoms with Crippen LogP contribution in [-0.4, -0.2) is 28.2 Å². The smallest absolute Gasteiger partial charge is 0.271 e. The third-order valence-corrected chi connectivity index (χ3v) is 23.3. The molecule has 16 heteroatoms. The number of halogens is 4. The van der Waals surface area contributed by atoms with Gasteiger partial charge in [-0.2, -0.15) is 18.1 Å². The van der Waals surface area contributed by atoms with Crippen LogP contribution in [0.15, 0.2) is 139 Å². The van der Waals surface area contributed by atoms with Crippen LogP contribution in [0.25, 0.3) is 0 Å². The van der Waals surface area contributed by atoms with E-state index in [1.165, 1.54) is 0 Å². The molecule has 0 saturated heterocycles. The fourth-order valence-electron chi connectivity index (χ4n) is 4.73. The van der Waals surface area contributed by atoms with Crippen LogP contribution in [0.2, 0.25) is 0 Å². The van der Waals surface area contributed by atoms with Gasteiger partial charge in [-0.25, -0.2) is 0 Å². The summed E-state index contributed by atoms with van der Waals surface area (Å²) < 4.78 is 28.8. The van der Waals surface area contributed by atoms with E-state index >= 15 is 0 Å². The zero-order valence-corrected chi connectivity index (χ0v) is 31.0. The van der Waals surface area contributed by atoms with E-state index in [1.54, 1.807) is 0 Å². The Hall–Kier alpha value is -1.84. The number of hydrogen-bond donors (Lipinski definition) is 0. The molecule has 0 N–H and O–H groups in total. The van der Waals surface area contributed by atoms with E-state index in [9.17, 15) is 0 Å². The maximum absolute atomic E-state index is 7.34. The van der Waals surface area contributed by atoms with Crippen molar-refractivity contribution < 1.29 is 0 Å². The van der Waals surface area contributed by atoms with Crippen LogP contribution in [0.4, 0.5) is 22.7 Å². The summed E-state index contributed by atoms with van der Waals surface area (Å²) in [5.74, 6) is -7.13. The molecule has 0 spiro atoms. The van der Waals surface area contributed by atoms with Crippen LogP contribution in [0.5, 0.6) is 0 Å². The third-order valence-electron chi connectivity index (χ3n) is 7.04. The van der Waals surface area contributed by atoms with Crippen LogP contribution >= 0.6 is 71.8 Å². The first kappa shape index (κ1) is 33.5. The topological polar surface area (TPSA) is 62.4 Å². The van der Waals surface area contributed by atoms with Gasteiger partial charge in [-0.05, 0) is 93.5 Å². The van der Waals surface area contributed by atoms with Gasteiger partial charge in [0.05, 0.1) is 0 Å². The van der Waals surface area contributed by atoms with E-state index in [0.29, 0.717) is 0 Å². The van der Waals surface area contributed by atoms with Crippen molar-refractivity contribution in [1.29, 1.82) is 0 Å². The minimum Gasteiger partial charge on any atom is -0.308 e. The van der Waals surface area contributed by atoms with Gasteiger partial charge < -0.3 is 18.7 Å². The SMILES string of the molecule is CN(c1ccccc1)P1(N(C)c2ccccc2)=NP(Cl)(Cl)=NP(N(C)c2ccccc2)(N(C)c2ccccc2)=NP(Cl)(Cl)=N1. The fourth-order valence-corrected chi connectivity index (χ4v) is 24.2. The van der Waals surface area contributed by atoms with Crippen molar-refractivity contribution in [3.8, 4) is 0 Å². The number of para-hydroxylation sites is 4. The summed E-state index contributed by atoms with van der Waals surface area (Å²) in [6, 6.07) is 39.0. The van der Waals surface area contributed by atoms with Crippen LogP contribution in [-0.2, 0) is 0 Å². The molecule has 1 heterocycles. The van der Waals surface area contributed by atoms with Crippen molar-refractivity contribution in [3.05, 3.63) is 121 Å². The zero-order chi connectivity index (χ0) is 31.6. The molecule has 0 aromatic heterocycles. The van der Waals surface area contributed by atoms with Crippen molar-refractivity contribution in [3.63, 3.8) is 0 Å². The second kappa shape index (κ2) is 13.5. The van der Waals surface area contributed by atoms with Crippen molar-refractivity contribution in [2.24, 2.45) is 18.1 Å². The molecule has 8 nitrogen and oxygen atoms in total. The molecule has 0 atom stereocenters. The van der Waals surface area contributed by atoms with Gasteiger partial charge in [-0.1, -0.05) is 72.8 Å². The lowest BCUT2D eigenvalue weighted by Crippen LogP contribution is -2.27. The number of hydrogen-bond acceptors (Lipinski definition) is 8. The number of benzene rings is 4. The zero-order valence-electron chi connectivity index (χ0n) is 24.4. The molecule has 0 fully saturated rings. The molecule has 4 aromatic carbocycles. The normalized spacial score (nSPS) is 17.6. The Balaban J connectivity index is 1.88. The molecule has 1 aliphatic rings. The summed E-state index contributed by atoms with van der Waals surface area (Å²) in [6.07, 6.45) is 0. The van der Waals surface area contributed by atoms with Gasteiger partial charge in [-0.3, -0.25) is 0 Å². The van der Waals surface area contributed by atoms with Crippen LogP contribution in [0, 0.1) is 0 Å². The van der Waals surface area contributed by atoms with E-state index in [2.05, 4.69) is 0 Å². The average Bonchev–Trinajstić information content (AvgIpc) is 3.03. The lowest BCUT2D eigenvalue weighted by atomic mass is 10.3. The highest BCUT2D eigenvalue weighted by Crippen LogP contribution is 2.86. The third kappa shape index (κ3) is 6.95. The predicted molar refractivity (Wildman–Crippen MR) is 200 cm³/mol. The second-order valence-electron chi connectivity index (χ2n) is 9.78. The van der Waals surface area contributed by atoms with Crippen LogP contribution in [0.3, 0.4) is 0 Å². The molecule has 0 radical (unpaired) electrons. The Morgan fingerprint density at radius 1 is 0.364 bits per heavy atom. The van der Waals surface area contributed by atoms with Gasteiger partial charge in [0.2, 0.25) is 0 Å². The van der Waals surface area contributed by atoms with E-state index in [0.717, 1.165) is 22.7 Å². The quantitative estimate of drug-likeness (QED) is 0.168. The molecule has 4 aromatic rings. The van der Waals surface area contributed by atoms with E-state index in [1.807, 2.05) is 168 Å². The maximum Gasteiger partial charge on any atom is 0.271 e. The summed E-state index contributed by atoms with van der Waals surface area (Å²) in [7, 11) is 0.964. The predicted octanol–water partition coefficient (Wildman–Crippen LogP) is 13.3. The van der Waals surface area contributed by atoms with Crippen LogP contribution < -0.4 is 18.7 Å². The lowest BCUT2D eigenvalue weighted by Gasteiger charge is -2.43. The van der Waals surface area contributed by atoms with Gasteiger partial charge in [0.1, 0.15) is 0 Å². The van der Waals surface area contributed by atoms with E-state index in [4.69, 9.17) is 63.0 Å². The highest BCUT2D eigenvalue weighted by molar-refractivity contribution is 8.17. The molecule has 0 unspecified atom stereocenters. The minimum absolute atomic E-state index is 0.835.